The molecule has 0 aliphatic heterocycles. The normalized spacial score (nSPS) is 10.3. The SMILES string of the molecule is CCCN(CC(=O)NC)c1ccc(CNC)c(Br)c1. The lowest BCUT2D eigenvalue weighted by Gasteiger charge is -2.24. The summed E-state index contributed by atoms with van der Waals surface area (Å²) in [5.74, 6) is 0.0314. The molecule has 0 aromatic heterocycles. The van der Waals surface area contributed by atoms with E-state index in [1.165, 1.54) is 5.56 Å². The highest BCUT2D eigenvalue weighted by Gasteiger charge is 2.11. The van der Waals surface area contributed by atoms with Gasteiger partial charge in [0.15, 0.2) is 0 Å². The number of nitrogens with one attached hydrogen (secondary N) is 2. The van der Waals surface area contributed by atoms with Crippen LogP contribution in [0.5, 0.6) is 0 Å². The molecule has 1 aromatic rings. The van der Waals surface area contributed by atoms with Crippen molar-refractivity contribution in [3.8, 4) is 0 Å². The number of hydrogen-bond acceptors (Lipinski definition) is 3. The Morgan fingerprint density at radius 3 is 2.63 bits per heavy atom. The minimum atomic E-state index is 0.0314. The van der Waals surface area contributed by atoms with Crippen molar-refractivity contribution in [2.24, 2.45) is 0 Å². The van der Waals surface area contributed by atoms with Crippen LogP contribution in [0.25, 0.3) is 0 Å². The first-order chi connectivity index (χ1) is 9.12. The van der Waals surface area contributed by atoms with Gasteiger partial charge in [-0.05, 0) is 31.2 Å². The first kappa shape index (κ1) is 16.0. The van der Waals surface area contributed by atoms with Gasteiger partial charge in [0.2, 0.25) is 5.91 Å². The van der Waals surface area contributed by atoms with Crippen LogP contribution in [-0.2, 0) is 11.3 Å². The van der Waals surface area contributed by atoms with Crippen molar-refractivity contribution in [3.05, 3.63) is 28.2 Å². The van der Waals surface area contributed by atoms with E-state index in [2.05, 4.69) is 56.6 Å². The van der Waals surface area contributed by atoms with Crippen molar-refractivity contribution in [1.82, 2.24) is 10.6 Å². The fraction of sp³-hybridized carbons (Fsp3) is 0.500. The van der Waals surface area contributed by atoms with E-state index in [1.807, 2.05) is 7.05 Å². The number of nitrogens with zero attached hydrogens (tertiary/aromatic N) is 1. The van der Waals surface area contributed by atoms with Crippen LogP contribution >= 0.6 is 15.9 Å². The molecule has 0 aliphatic carbocycles. The molecule has 0 aliphatic rings. The number of benzene rings is 1. The summed E-state index contributed by atoms with van der Waals surface area (Å²) < 4.78 is 1.07. The number of amides is 1. The molecular formula is C14H22BrN3O. The van der Waals surface area contributed by atoms with Crippen LogP contribution in [0.2, 0.25) is 0 Å². The van der Waals surface area contributed by atoms with E-state index in [9.17, 15) is 4.79 Å². The summed E-state index contributed by atoms with van der Waals surface area (Å²) in [6, 6.07) is 6.23. The van der Waals surface area contributed by atoms with Crippen molar-refractivity contribution in [2.45, 2.75) is 19.9 Å². The second-order valence-corrected chi connectivity index (χ2v) is 5.26. The third-order valence-electron chi connectivity index (χ3n) is 2.88. The zero-order chi connectivity index (χ0) is 14.3. The molecule has 5 heteroatoms. The molecule has 4 nitrogen and oxygen atoms in total. The average Bonchev–Trinajstić information content (AvgIpc) is 2.40. The Labute approximate surface area is 123 Å². The Kier molecular flexibility index (Phi) is 6.87. The molecule has 0 saturated carbocycles. The Morgan fingerprint density at radius 2 is 2.11 bits per heavy atom. The number of anilines is 1. The fourth-order valence-electron chi connectivity index (χ4n) is 1.89. The predicted octanol–water partition coefficient (Wildman–Crippen LogP) is 2.13. The molecule has 0 bridgehead atoms. The quantitative estimate of drug-likeness (QED) is 0.806. The standard InChI is InChI=1S/C14H22BrN3O/c1-4-7-18(10-14(19)17-3)12-6-5-11(9-16-2)13(15)8-12/h5-6,8,16H,4,7,9-10H2,1-3H3,(H,17,19). The predicted molar refractivity (Wildman–Crippen MR) is 83.5 cm³/mol. The van der Waals surface area contributed by atoms with Crippen molar-refractivity contribution in [1.29, 1.82) is 0 Å². The van der Waals surface area contributed by atoms with Gasteiger partial charge >= 0.3 is 0 Å². The lowest BCUT2D eigenvalue weighted by molar-refractivity contribution is -0.119. The van der Waals surface area contributed by atoms with Gasteiger partial charge in [-0.1, -0.05) is 28.9 Å². The van der Waals surface area contributed by atoms with Crippen molar-refractivity contribution >= 4 is 27.5 Å². The molecule has 1 aromatic carbocycles. The maximum absolute atomic E-state index is 11.6. The molecule has 1 amide bonds. The van der Waals surface area contributed by atoms with Gasteiger partial charge in [-0.2, -0.15) is 0 Å². The summed E-state index contributed by atoms with van der Waals surface area (Å²) in [7, 11) is 3.59. The minimum absolute atomic E-state index is 0.0314. The number of halogens is 1. The Hall–Kier alpha value is -1.07. The average molecular weight is 328 g/mol. The Balaban J connectivity index is 2.89. The summed E-state index contributed by atoms with van der Waals surface area (Å²) in [5, 5.41) is 5.80. The van der Waals surface area contributed by atoms with E-state index in [1.54, 1.807) is 7.05 Å². The summed E-state index contributed by atoms with van der Waals surface area (Å²) >= 11 is 3.58. The number of carbonyl (C=O) groups is 1. The second-order valence-electron chi connectivity index (χ2n) is 4.40. The van der Waals surface area contributed by atoms with Crippen molar-refractivity contribution in [3.63, 3.8) is 0 Å². The van der Waals surface area contributed by atoms with E-state index in [0.29, 0.717) is 6.54 Å². The van der Waals surface area contributed by atoms with Gasteiger partial charge in [0.1, 0.15) is 0 Å². The van der Waals surface area contributed by atoms with Crippen LogP contribution in [-0.4, -0.2) is 33.1 Å². The number of carbonyl (C=O) groups excluding carboxylic acids is 1. The van der Waals surface area contributed by atoms with Gasteiger partial charge in [0, 0.05) is 30.3 Å². The first-order valence-electron chi connectivity index (χ1n) is 6.50. The number of hydrogen-bond donors (Lipinski definition) is 2. The van der Waals surface area contributed by atoms with Gasteiger partial charge in [0.25, 0.3) is 0 Å². The largest absolute Gasteiger partial charge is 0.362 e. The summed E-state index contributed by atoms with van der Waals surface area (Å²) in [5.41, 5.74) is 2.28. The highest BCUT2D eigenvalue weighted by Crippen LogP contribution is 2.24. The topological polar surface area (TPSA) is 44.4 Å². The summed E-state index contributed by atoms with van der Waals surface area (Å²) in [4.78, 5) is 13.6. The van der Waals surface area contributed by atoms with Gasteiger partial charge in [0.05, 0.1) is 6.54 Å². The van der Waals surface area contributed by atoms with Crippen molar-refractivity contribution in [2.75, 3.05) is 32.1 Å². The van der Waals surface area contributed by atoms with Gasteiger partial charge in [-0.25, -0.2) is 0 Å². The molecular weight excluding hydrogens is 306 g/mol. The molecule has 2 N–H and O–H groups in total. The molecule has 1 rings (SSSR count). The van der Waals surface area contributed by atoms with Crippen LogP contribution in [0.4, 0.5) is 5.69 Å². The molecule has 106 valence electrons. The highest BCUT2D eigenvalue weighted by molar-refractivity contribution is 9.10. The summed E-state index contributed by atoms with van der Waals surface area (Å²) in [6.07, 6.45) is 1.01. The third-order valence-corrected chi connectivity index (χ3v) is 3.61. The third kappa shape index (κ3) is 4.84. The molecule has 0 unspecified atom stereocenters. The van der Waals surface area contributed by atoms with Crippen LogP contribution in [0.3, 0.4) is 0 Å². The van der Waals surface area contributed by atoms with Crippen LogP contribution in [0.15, 0.2) is 22.7 Å². The molecule has 0 fully saturated rings. The zero-order valence-corrected chi connectivity index (χ0v) is 13.4. The molecule has 0 spiro atoms. The molecule has 0 atom stereocenters. The molecule has 19 heavy (non-hydrogen) atoms. The van der Waals surface area contributed by atoms with Crippen LogP contribution in [0.1, 0.15) is 18.9 Å². The van der Waals surface area contributed by atoms with E-state index in [0.717, 1.165) is 29.7 Å². The fourth-order valence-corrected chi connectivity index (χ4v) is 2.40. The molecule has 0 saturated heterocycles. The Morgan fingerprint density at radius 1 is 1.37 bits per heavy atom. The van der Waals surface area contributed by atoms with E-state index in [4.69, 9.17) is 0 Å². The first-order valence-corrected chi connectivity index (χ1v) is 7.30. The molecule has 0 radical (unpaired) electrons. The van der Waals surface area contributed by atoms with Gasteiger partial charge in [-0.3, -0.25) is 4.79 Å². The lowest BCUT2D eigenvalue weighted by atomic mass is 10.2. The summed E-state index contributed by atoms with van der Waals surface area (Å²) in [6.45, 7) is 4.19. The zero-order valence-electron chi connectivity index (χ0n) is 11.8. The van der Waals surface area contributed by atoms with Crippen LogP contribution in [0, 0.1) is 0 Å². The van der Waals surface area contributed by atoms with E-state index >= 15 is 0 Å². The highest BCUT2D eigenvalue weighted by atomic mass is 79.9. The van der Waals surface area contributed by atoms with Gasteiger partial charge in [-0.15, -0.1) is 0 Å². The monoisotopic (exact) mass is 327 g/mol. The van der Waals surface area contributed by atoms with Gasteiger partial charge < -0.3 is 15.5 Å². The van der Waals surface area contributed by atoms with Crippen molar-refractivity contribution < 1.29 is 4.79 Å². The second kappa shape index (κ2) is 8.17. The van der Waals surface area contributed by atoms with Crippen LogP contribution < -0.4 is 15.5 Å². The minimum Gasteiger partial charge on any atom is -0.362 e. The number of rotatable bonds is 7. The van der Waals surface area contributed by atoms with E-state index in [-0.39, 0.29) is 5.91 Å². The maximum atomic E-state index is 11.6. The maximum Gasteiger partial charge on any atom is 0.239 e. The number of likely N-dealkylation sites (N-methyl/N-ethyl adjacent to an activating group) is 1. The smallest absolute Gasteiger partial charge is 0.239 e. The van der Waals surface area contributed by atoms with E-state index < -0.39 is 0 Å². The molecule has 0 heterocycles. The Bertz CT molecular complexity index is 423. The lowest BCUT2D eigenvalue weighted by Crippen LogP contribution is -2.36.